The van der Waals surface area contributed by atoms with Gasteiger partial charge >= 0.3 is 5.97 Å². The number of rotatable bonds is 5. The van der Waals surface area contributed by atoms with Gasteiger partial charge in [0.2, 0.25) is 5.91 Å². The van der Waals surface area contributed by atoms with Crippen molar-refractivity contribution >= 4 is 11.9 Å². The number of nitrogens with one attached hydrogen (secondary N) is 2. The van der Waals surface area contributed by atoms with Gasteiger partial charge in [-0.15, -0.1) is 0 Å². The summed E-state index contributed by atoms with van der Waals surface area (Å²) in [4.78, 5) is 24.4. The number of carbonyl (C=O) groups is 2. The first-order valence-corrected chi connectivity index (χ1v) is 4.47. The van der Waals surface area contributed by atoms with Crippen LogP contribution in [0.3, 0.4) is 0 Å². The van der Waals surface area contributed by atoms with Gasteiger partial charge in [-0.3, -0.25) is 9.59 Å². The number of aliphatic carboxylic acids is 1. The maximum absolute atomic E-state index is 11.3. The normalized spacial score (nSPS) is 12.1. The van der Waals surface area contributed by atoms with Crippen LogP contribution in [-0.2, 0) is 16.1 Å². The number of carboxylic acid groups (broad SMARTS) is 1. The average molecular weight is 211 g/mol. The summed E-state index contributed by atoms with van der Waals surface area (Å²) >= 11 is 0. The van der Waals surface area contributed by atoms with Gasteiger partial charge in [-0.25, -0.2) is 0 Å². The van der Waals surface area contributed by atoms with E-state index in [0.29, 0.717) is 6.54 Å². The van der Waals surface area contributed by atoms with Crippen molar-refractivity contribution in [1.82, 2.24) is 10.3 Å². The number of amides is 1. The highest BCUT2D eigenvalue weighted by molar-refractivity contribution is 5.85. The summed E-state index contributed by atoms with van der Waals surface area (Å²) in [6, 6.07) is 2.61. The Bertz CT molecular complexity index is 334. The van der Waals surface area contributed by atoms with E-state index in [4.69, 9.17) is 10.8 Å². The Kier molecular flexibility index (Phi) is 3.87. The van der Waals surface area contributed by atoms with Gasteiger partial charge in [-0.1, -0.05) is 0 Å². The smallest absolute Gasteiger partial charge is 0.305 e. The zero-order chi connectivity index (χ0) is 11.3. The number of hydrogen-bond donors (Lipinski definition) is 4. The number of carboxylic acids is 1. The lowest BCUT2D eigenvalue weighted by molar-refractivity contribution is -0.139. The maximum Gasteiger partial charge on any atom is 0.305 e. The van der Waals surface area contributed by atoms with Crippen LogP contribution in [0.5, 0.6) is 0 Å². The molecule has 6 heteroatoms. The van der Waals surface area contributed by atoms with E-state index in [0.717, 1.165) is 5.69 Å². The fourth-order valence-corrected chi connectivity index (χ4v) is 1.07. The molecule has 1 unspecified atom stereocenters. The lowest BCUT2D eigenvalue weighted by Gasteiger charge is -2.09. The molecular formula is C9H13N3O3. The highest BCUT2D eigenvalue weighted by Gasteiger charge is 2.16. The molecule has 1 atom stereocenters. The molecule has 0 aliphatic heterocycles. The van der Waals surface area contributed by atoms with Crippen LogP contribution in [0.1, 0.15) is 12.1 Å². The second kappa shape index (κ2) is 5.16. The lowest BCUT2D eigenvalue weighted by atomic mass is 10.2. The number of H-pyrrole nitrogens is 1. The molecule has 1 aromatic heterocycles. The number of aromatic nitrogens is 1. The van der Waals surface area contributed by atoms with Crippen LogP contribution in [-0.4, -0.2) is 28.0 Å². The minimum atomic E-state index is -1.09. The Labute approximate surface area is 86.5 Å². The van der Waals surface area contributed by atoms with Gasteiger partial charge in [-0.05, 0) is 12.1 Å². The molecule has 5 N–H and O–H groups in total. The molecule has 1 amide bonds. The summed E-state index contributed by atoms with van der Waals surface area (Å²) in [7, 11) is 0. The van der Waals surface area contributed by atoms with Gasteiger partial charge in [0.05, 0.1) is 19.0 Å². The molecule has 0 aromatic carbocycles. The van der Waals surface area contributed by atoms with Gasteiger partial charge in [0, 0.05) is 11.9 Å². The third-order valence-corrected chi connectivity index (χ3v) is 1.85. The molecular weight excluding hydrogens is 198 g/mol. The molecule has 0 bridgehead atoms. The molecule has 0 saturated heterocycles. The van der Waals surface area contributed by atoms with E-state index >= 15 is 0 Å². The monoisotopic (exact) mass is 211 g/mol. The van der Waals surface area contributed by atoms with Gasteiger partial charge < -0.3 is 21.1 Å². The Balaban J connectivity index is 2.32. The Morgan fingerprint density at radius 3 is 2.87 bits per heavy atom. The molecule has 0 fully saturated rings. The minimum Gasteiger partial charge on any atom is -0.481 e. The number of aromatic amines is 1. The first kappa shape index (κ1) is 11.3. The van der Waals surface area contributed by atoms with E-state index in [2.05, 4.69) is 10.3 Å². The second-order valence-corrected chi connectivity index (χ2v) is 3.12. The summed E-state index contributed by atoms with van der Waals surface area (Å²) in [5.74, 6) is -1.55. The summed E-state index contributed by atoms with van der Waals surface area (Å²) in [5, 5.41) is 11.0. The molecule has 1 heterocycles. The van der Waals surface area contributed by atoms with Crippen molar-refractivity contribution in [3.63, 3.8) is 0 Å². The molecule has 6 nitrogen and oxygen atoms in total. The molecule has 0 aliphatic rings. The van der Waals surface area contributed by atoms with Crippen molar-refractivity contribution < 1.29 is 14.7 Å². The molecule has 0 saturated carbocycles. The van der Waals surface area contributed by atoms with Crippen LogP contribution in [0, 0.1) is 0 Å². The number of hydrogen-bond acceptors (Lipinski definition) is 3. The summed E-state index contributed by atoms with van der Waals surface area (Å²) in [5.41, 5.74) is 6.19. The highest BCUT2D eigenvalue weighted by atomic mass is 16.4. The Morgan fingerprint density at radius 2 is 2.33 bits per heavy atom. The maximum atomic E-state index is 11.3. The Hall–Kier alpha value is -1.82. The van der Waals surface area contributed by atoms with Crippen molar-refractivity contribution in [1.29, 1.82) is 0 Å². The van der Waals surface area contributed by atoms with Gasteiger partial charge in [0.1, 0.15) is 0 Å². The minimum absolute atomic E-state index is 0.319. The third kappa shape index (κ3) is 3.82. The highest BCUT2D eigenvalue weighted by Crippen LogP contribution is 1.94. The predicted octanol–water partition coefficient (Wildman–Crippen LogP) is -0.567. The van der Waals surface area contributed by atoms with Gasteiger partial charge in [0.15, 0.2) is 0 Å². The quantitative estimate of drug-likeness (QED) is 0.523. The first-order valence-electron chi connectivity index (χ1n) is 4.47. The molecule has 1 rings (SSSR count). The van der Waals surface area contributed by atoms with Crippen LogP contribution < -0.4 is 11.1 Å². The molecule has 15 heavy (non-hydrogen) atoms. The predicted molar refractivity (Wildman–Crippen MR) is 52.9 cm³/mol. The van der Waals surface area contributed by atoms with E-state index in [1.165, 1.54) is 0 Å². The van der Waals surface area contributed by atoms with Crippen molar-refractivity contribution in [2.75, 3.05) is 0 Å². The van der Waals surface area contributed by atoms with Crippen LogP contribution in [0.2, 0.25) is 0 Å². The molecule has 1 aromatic rings. The van der Waals surface area contributed by atoms with E-state index in [1.54, 1.807) is 12.3 Å². The van der Waals surface area contributed by atoms with E-state index in [1.807, 2.05) is 6.07 Å². The summed E-state index contributed by atoms with van der Waals surface area (Å²) in [6.07, 6.45) is 1.37. The van der Waals surface area contributed by atoms with Crippen LogP contribution in [0.15, 0.2) is 18.3 Å². The summed E-state index contributed by atoms with van der Waals surface area (Å²) in [6.45, 7) is 0.319. The van der Waals surface area contributed by atoms with E-state index in [-0.39, 0.29) is 6.42 Å². The molecule has 0 spiro atoms. The van der Waals surface area contributed by atoms with Crippen LogP contribution >= 0.6 is 0 Å². The van der Waals surface area contributed by atoms with Gasteiger partial charge in [0.25, 0.3) is 0 Å². The van der Waals surface area contributed by atoms with Crippen LogP contribution in [0.25, 0.3) is 0 Å². The average Bonchev–Trinajstić information content (AvgIpc) is 2.65. The third-order valence-electron chi connectivity index (χ3n) is 1.85. The van der Waals surface area contributed by atoms with E-state index in [9.17, 15) is 9.59 Å². The summed E-state index contributed by atoms with van der Waals surface area (Å²) < 4.78 is 0. The SMILES string of the molecule is NC(CC(=O)O)C(=O)NCc1ccc[nH]1. The standard InChI is InChI=1S/C9H13N3O3/c10-7(4-8(13)14)9(15)12-5-6-2-1-3-11-6/h1-3,7,11H,4-5,10H2,(H,12,15)(H,13,14). The Morgan fingerprint density at radius 1 is 1.60 bits per heavy atom. The van der Waals surface area contributed by atoms with Gasteiger partial charge in [-0.2, -0.15) is 0 Å². The van der Waals surface area contributed by atoms with Crippen molar-refractivity contribution in [3.8, 4) is 0 Å². The first-order chi connectivity index (χ1) is 7.09. The number of nitrogens with two attached hydrogens (primary N) is 1. The fourth-order valence-electron chi connectivity index (χ4n) is 1.07. The largest absolute Gasteiger partial charge is 0.481 e. The van der Waals surface area contributed by atoms with Crippen molar-refractivity contribution in [3.05, 3.63) is 24.0 Å². The van der Waals surface area contributed by atoms with E-state index < -0.39 is 17.9 Å². The lowest BCUT2D eigenvalue weighted by Crippen LogP contribution is -2.41. The topological polar surface area (TPSA) is 108 Å². The number of carbonyl (C=O) groups excluding carboxylic acids is 1. The van der Waals surface area contributed by atoms with Crippen molar-refractivity contribution in [2.45, 2.75) is 19.0 Å². The van der Waals surface area contributed by atoms with Crippen LogP contribution in [0.4, 0.5) is 0 Å². The molecule has 82 valence electrons. The molecule has 0 aliphatic carbocycles. The zero-order valence-corrected chi connectivity index (χ0v) is 8.06. The molecule has 0 radical (unpaired) electrons. The second-order valence-electron chi connectivity index (χ2n) is 3.12. The fraction of sp³-hybridized carbons (Fsp3) is 0.333. The zero-order valence-electron chi connectivity index (χ0n) is 8.06. The van der Waals surface area contributed by atoms with Crippen molar-refractivity contribution in [2.24, 2.45) is 5.73 Å².